The molecule has 0 saturated carbocycles. The molecule has 0 aliphatic rings. The van der Waals surface area contributed by atoms with Crippen LogP contribution >= 0.6 is 0 Å². The van der Waals surface area contributed by atoms with E-state index in [4.69, 9.17) is 14.0 Å². The molecule has 0 aliphatic heterocycles. The molecule has 170 valence electrons. The first kappa shape index (κ1) is 22.0. The third-order valence-corrected chi connectivity index (χ3v) is 5.11. The van der Waals surface area contributed by atoms with Gasteiger partial charge in [0.2, 0.25) is 0 Å². The maximum Gasteiger partial charge on any atom is 0.271 e. The second-order valence-corrected chi connectivity index (χ2v) is 7.25. The minimum Gasteiger partial charge on any atom is -0.493 e. The Hall–Kier alpha value is -4.21. The molecule has 0 radical (unpaired) electrons. The number of ether oxygens (including phenoxy) is 2. The lowest BCUT2D eigenvalue weighted by atomic mass is 10.1. The highest BCUT2D eigenvalue weighted by Gasteiger charge is 2.17. The third kappa shape index (κ3) is 4.69. The first-order valence-electron chi connectivity index (χ1n) is 10.4. The molecule has 3 heterocycles. The predicted molar refractivity (Wildman–Crippen MR) is 119 cm³/mol. The van der Waals surface area contributed by atoms with Gasteiger partial charge >= 0.3 is 0 Å². The van der Waals surface area contributed by atoms with E-state index >= 15 is 0 Å². The molecular weight excluding hydrogens is 424 g/mol. The molecule has 1 N–H and O–H groups in total. The summed E-state index contributed by atoms with van der Waals surface area (Å²) in [6.07, 6.45) is 5.48. The SMILES string of the molecule is CCc1noc(-c2ccnc(-n3cnc(C(=O)N[C@@H](C)c4ccc(OC)c(OC)c4)c3)c2)n1. The van der Waals surface area contributed by atoms with Gasteiger partial charge in [-0.25, -0.2) is 9.97 Å². The van der Waals surface area contributed by atoms with Crippen molar-refractivity contribution in [3.05, 3.63) is 66.1 Å². The Bertz CT molecular complexity index is 1270. The van der Waals surface area contributed by atoms with E-state index in [1.54, 1.807) is 49.4 Å². The van der Waals surface area contributed by atoms with Crippen LogP contribution in [0.5, 0.6) is 11.5 Å². The number of hydrogen-bond donors (Lipinski definition) is 1. The van der Waals surface area contributed by atoms with Crippen molar-refractivity contribution in [2.75, 3.05) is 14.2 Å². The van der Waals surface area contributed by atoms with E-state index < -0.39 is 0 Å². The number of carbonyl (C=O) groups excluding carboxylic acids is 1. The number of carbonyl (C=O) groups is 1. The number of aryl methyl sites for hydroxylation is 1. The number of amides is 1. The highest BCUT2D eigenvalue weighted by atomic mass is 16.5. The second kappa shape index (κ2) is 9.51. The summed E-state index contributed by atoms with van der Waals surface area (Å²) < 4.78 is 17.6. The highest BCUT2D eigenvalue weighted by Crippen LogP contribution is 2.30. The summed E-state index contributed by atoms with van der Waals surface area (Å²) in [7, 11) is 3.15. The van der Waals surface area contributed by atoms with Crippen LogP contribution in [0, 0.1) is 0 Å². The zero-order valence-electron chi connectivity index (χ0n) is 18.8. The van der Waals surface area contributed by atoms with E-state index in [2.05, 4.69) is 25.4 Å². The van der Waals surface area contributed by atoms with Crippen molar-refractivity contribution in [2.45, 2.75) is 26.3 Å². The molecule has 1 aromatic carbocycles. The van der Waals surface area contributed by atoms with Crippen LogP contribution in [0.2, 0.25) is 0 Å². The molecule has 4 rings (SSSR count). The number of nitrogens with zero attached hydrogens (tertiary/aromatic N) is 5. The topological polar surface area (TPSA) is 117 Å². The molecule has 3 aromatic heterocycles. The van der Waals surface area contributed by atoms with E-state index in [-0.39, 0.29) is 17.6 Å². The number of pyridine rings is 1. The van der Waals surface area contributed by atoms with Crippen LogP contribution in [0.15, 0.2) is 53.6 Å². The molecule has 0 fully saturated rings. The fourth-order valence-corrected chi connectivity index (χ4v) is 3.25. The molecule has 1 amide bonds. The number of benzene rings is 1. The van der Waals surface area contributed by atoms with Gasteiger partial charge in [0.05, 0.1) is 20.3 Å². The van der Waals surface area contributed by atoms with E-state index in [1.807, 2.05) is 26.0 Å². The molecule has 0 aliphatic carbocycles. The van der Waals surface area contributed by atoms with Gasteiger partial charge in [0.15, 0.2) is 17.3 Å². The zero-order chi connectivity index (χ0) is 23.4. The van der Waals surface area contributed by atoms with Crippen molar-refractivity contribution in [1.82, 2.24) is 30.0 Å². The number of aromatic nitrogens is 5. The lowest BCUT2D eigenvalue weighted by Gasteiger charge is -2.16. The van der Waals surface area contributed by atoms with Gasteiger partial charge in [0.25, 0.3) is 11.8 Å². The van der Waals surface area contributed by atoms with Crippen molar-refractivity contribution in [2.24, 2.45) is 0 Å². The maximum absolute atomic E-state index is 12.8. The predicted octanol–water partition coefficient (Wildman–Crippen LogP) is 3.39. The number of imidazole rings is 1. The minimum atomic E-state index is -0.309. The third-order valence-electron chi connectivity index (χ3n) is 5.11. The summed E-state index contributed by atoms with van der Waals surface area (Å²) >= 11 is 0. The van der Waals surface area contributed by atoms with Crippen molar-refractivity contribution < 1.29 is 18.8 Å². The summed E-state index contributed by atoms with van der Waals surface area (Å²) in [5, 5.41) is 6.87. The van der Waals surface area contributed by atoms with Crippen LogP contribution in [0.3, 0.4) is 0 Å². The van der Waals surface area contributed by atoms with E-state index in [0.29, 0.717) is 35.5 Å². The fourth-order valence-electron chi connectivity index (χ4n) is 3.25. The average molecular weight is 448 g/mol. The Kier molecular flexibility index (Phi) is 6.34. The van der Waals surface area contributed by atoms with E-state index in [0.717, 1.165) is 11.1 Å². The smallest absolute Gasteiger partial charge is 0.271 e. The quantitative estimate of drug-likeness (QED) is 0.436. The zero-order valence-corrected chi connectivity index (χ0v) is 18.8. The molecular formula is C23H24N6O4. The second-order valence-electron chi connectivity index (χ2n) is 7.25. The first-order chi connectivity index (χ1) is 16.0. The lowest BCUT2D eigenvalue weighted by Crippen LogP contribution is -2.27. The Balaban J connectivity index is 1.49. The molecule has 10 heteroatoms. The van der Waals surface area contributed by atoms with Gasteiger partial charge in [-0.1, -0.05) is 18.1 Å². The van der Waals surface area contributed by atoms with Gasteiger partial charge in [-0.3, -0.25) is 9.36 Å². The number of methoxy groups -OCH3 is 2. The molecule has 1 atom stereocenters. The largest absolute Gasteiger partial charge is 0.493 e. The molecule has 0 saturated heterocycles. The van der Waals surface area contributed by atoms with Crippen LogP contribution in [-0.2, 0) is 6.42 Å². The molecule has 33 heavy (non-hydrogen) atoms. The summed E-state index contributed by atoms with van der Waals surface area (Å²) in [5.41, 5.74) is 1.87. The monoisotopic (exact) mass is 448 g/mol. The van der Waals surface area contributed by atoms with Gasteiger partial charge < -0.3 is 19.3 Å². The van der Waals surface area contributed by atoms with Crippen LogP contribution in [0.1, 0.15) is 41.8 Å². The van der Waals surface area contributed by atoms with Gasteiger partial charge in [0.1, 0.15) is 17.8 Å². The first-order valence-corrected chi connectivity index (χ1v) is 10.4. The molecule has 0 unspecified atom stereocenters. The average Bonchev–Trinajstić information content (AvgIpc) is 3.54. The maximum atomic E-state index is 12.8. The number of nitrogens with one attached hydrogen (secondary N) is 1. The standard InChI is InChI=1S/C23H24N6O4/c1-5-20-27-23(33-28-20)16-8-9-24-21(11-16)29-12-17(25-13-29)22(30)26-14(2)15-6-7-18(31-3)19(10-15)32-4/h6-14H,5H2,1-4H3,(H,26,30)/t14-/m0/s1. The Morgan fingerprint density at radius 3 is 2.70 bits per heavy atom. The van der Waals surface area contributed by atoms with Gasteiger partial charge in [-0.15, -0.1) is 0 Å². The van der Waals surface area contributed by atoms with Crippen LogP contribution < -0.4 is 14.8 Å². The number of hydrogen-bond acceptors (Lipinski definition) is 8. The van der Waals surface area contributed by atoms with E-state index in [1.165, 1.54) is 6.33 Å². The van der Waals surface area contributed by atoms with Gasteiger partial charge in [-0.05, 0) is 36.8 Å². The Morgan fingerprint density at radius 1 is 1.15 bits per heavy atom. The lowest BCUT2D eigenvalue weighted by molar-refractivity contribution is 0.0935. The minimum absolute atomic E-state index is 0.264. The van der Waals surface area contributed by atoms with Crippen molar-refractivity contribution >= 4 is 5.91 Å². The van der Waals surface area contributed by atoms with Crippen LogP contribution in [0.4, 0.5) is 0 Å². The molecule has 4 aromatic rings. The van der Waals surface area contributed by atoms with Gasteiger partial charge in [0, 0.05) is 24.4 Å². The van der Waals surface area contributed by atoms with Gasteiger partial charge in [-0.2, -0.15) is 4.98 Å². The van der Waals surface area contributed by atoms with Crippen LogP contribution in [0.25, 0.3) is 17.3 Å². The summed E-state index contributed by atoms with van der Waals surface area (Å²) in [4.78, 5) is 25.7. The molecule has 10 nitrogen and oxygen atoms in total. The Labute approximate surface area is 190 Å². The van der Waals surface area contributed by atoms with Crippen molar-refractivity contribution in [1.29, 1.82) is 0 Å². The van der Waals surface area contributed by atoms with Crippen molar-refractivity contribution in [3.63, 3.8) is 0 Å². The number of rotatable bonds is 8. The highest BCUT2D eigenvalue weighted by molar-refractivity contribution is 5.92. The Morgan fingerprint density at radius 2 is 1.97 bits per heavy atom. The molecule has 0 spiro atoms. The summed E-state index contributed by atoms with van der Waals surface area (Å²) in [6, 6.07) is 8.82. The molecule has 0 bridgehead atoms. The summed E-state index contributed by atoms with van der Waals surface area (Å²) in [6.45, 7) is 3.84. The fraction of sp³-hybridized carbons (Fsp3) is 0.261. The van der Waals surface area contributed by atoms with E-state index in [9.17, 15) is 4.79 Å². The van der Waals surface area contributed by atoms with Crippen molar-refractivity contribution in [3.8, 4) is 28.8 Å². The summed E-state index contributed by atoms with van der Waals surface area (Å²) in [5.74, 6) is 2.53. The van der Waals surface area contributed by atoms with Crippen LogP contribution in [-0.4, -0.2) is 44.8 Å². The normalized spacial score (nSPS) is 11.8.